The highest BCUT2D eigenvalue weighted by Gasteiger charge is 2.30. The molecule has 1 fully saturated rings. The third-order valence-corrected chi connectivity index (χ3v) is 11.5. The van der Waals surface area contributed by atoms with Gasteiger partial charge < -0.3 is 4.90 Å². The van der Waals surface area contributed by atoms with E-state index in [1.807, 2.05) is 14.9 Å². The molecule has 53 heavy (non-hydrogen) atoms. The van der Waals surface area contributed by atoms with E-state index in [1.165, 1.54) is 77.6 Å². The molecule has 3 atom stereocenters. The molecule has 4 aliphatic rings. The molecule has 1 aromatic carbocycles. The van der Waals surface area contributed by atoms with Crippen molar-refractivity contribution in [3.63, 3.8) is 0 Å². The van der Waals surface area contributed by atoms with Crippen molar-refractivity contribution < 1.29 is 13.4 Å². The van der Waals surface area contributed by atoms with Gasteiger partial charge in [0, 0.05) is 24.9 Å². The van der Waals surface area contributed by atoms with Gasteiger partial charge >= 0.3 is 0 Å². The van der Waals surface area contributed by atoms with E-state index in [0.717, 1.165) is 60.0 Å². The molecule has 1 aromatic heterocycles. The van der Waals surface area contributed by atoms with Crippen LogP contribution >= 0.6 is 0 Å². The van der Waals surface area contributed by atoms with Crippen molar-refractivity contribution >= 4 is 19.1 Å². The maximum atomic E-state index is 4.39. The van der Waals surface area contributed by atoms with Crippen LogP contribution in [0.4, 0.5) is 0 Å². The number of allylic oxidation sites excluding steroid dienone is 7. The fraction of sp³-hybridized carbons (Fsp3) is 0.327. The second kappa shape index (κ2) is 17.2. The number of hydrogen-bond donors (Lipinski definition) is 0. The van der Waals surface area contributed by atoms with Crippen molar-refractivity contribution in [3.8, 4) is 0 Å². The Morgan fingerprint density at radius 2 is 1.45 bits per heavy atom. The molecule has 2 aromatic rings. The topological polar surface area (TPSA) is 15.2 Å². The molecule has 6 rings (SSSR count). The van der Waals surface area contributed by atoms with Crippen LogP contribution in [0.2, 0.25) is 0 Å². The van der Waals surface area contributed by atoms with E-state index in [1.54, 1.807) is 0 Å². The minimum atomic E-state index is 0.720. The molecule has 0 unspecified atom stereocenters. The summed E-state index contributed by atoms with van der Waals surface area (Å²) in [7, 11) is 2.09. The van der Waals surface area contributed by atoms with Gasteiger partial charge in [-0.15, -0.1) is 24.3 Å². The van der Waals surface area contributed by atoms with Gasteiger partial charge in [0.1, 0.15) is 36.9 Å². The van der Waals surface area contributed by atoms with Crippen LogP contribution in [0.3, 0.4) is 0 Å². The van der Waals surface area contributed by atoms with Crippen LogP contribution in [-0.4, -0.2) is 34.5 Å². The average molecular weight is 704 g/mol. The second-order valence-corrected chi connectivity index (χ2v) is 15.7. The van der Waals surface area contributed by atoms with E-state index in [0.29, 0.717) is 0 Å². The molecule has 0 N–H and O–H groups in total. The molecule has 0 radical (unpaired) electrons. The first-order chi connectivity index (χ1) is 25.6. The molecule has 4 heterocycles. The zero-order valence-corrected chi connectivity index (χ0v) is 32.6. The van der Waals surface area contributed by atoms with E-state index in [-0.39, 0.29) is 0 Å². The Morgan fingerprint density at radius 1 is 0.811 bits per heavy atom. The number of pyridine rings is 1. The molecule has 4 heteroatoms. The minimum Gasteiger partial charge on any atom is -0.346 e. The number of hydrogen-bond acceptors (Lipinski definition) is 1. The lowest BCUT2D eigenvalue weighted by molar-refractivity contribution is -0.515. The summed E-state index contributed by atoms with van der Waals surface area (Å²) in [6.45, 7) is 23.6. The molecule has 3 aliphatic heterocycles. The summed E-state index contributed by atoms with van der Waals surface area (Å²) in [5, 5.41) is 1.13. The number of benzene rings is 1. The summed E-state index contributed by atoms with van der Waals surface area (Å²) >= 11 is 0. The van der Waals surface area contributed by atoms with Gasteiger partial charge in [0.25, 0.3) is 0 Å². The third kappa shape index (κ3) is 9.29. The fourth-order valence-corrected chi connectivity index (χ4v) is 8.69. The lowest BCUT2D eigenvalue weighted by atomic mass is 9.70. The standard InChI is InChI=1S/C49H59N4/c1-9-44(36(2)3)46-26-23-38(33-51(46)6)17-20-41-30-42(21-18-39-24-27-47(52(7)34-39)45-15-11-10-14-37(45)4)32-43(31-41)22-19-40-25-28-49(53(8)35-40)48-16-12-13-29-50(48)5/h9-16,23-29,33-35,41-43H,1,6-8,17-22,30-32H2,2-5H3/q+1/b49-48-/t41-,42+,43-/m0/s1. The average Bonchev–Trinajstić information content (AvgIpc) is 3.14. The first-order valence-electron chi connectivity index (χ1n) is 19.5. The number of nitrogens with zero attached hydrogens (tertiary/aromatic N) is 4. The molecule has 0 saturated heterocycles. The highest BCUT2D eigenvalue weighted by atomic mass is 15.1. The van der Waals surface area contributed by atoms with Gasteiger partial charge in [-0.1, -0.05) is 62.8 Å². The van der Waals surface area contributed by atoms with Gasteiger partial charge in [0.2, 0.25) is 5.35 Å². The predicted octanol–water partition coefficient (Wildman–Crippen LogP) is 9.54. The van der Waals surface area contributed by atoms with Crippen LogP contribution in [0.25, 0.3) is 5.70 Å². The number of rotatable bonds is 12. The highest BCUT2D eigenvalue weighted by molar-refractivity contribution is 5.56. The van der Waals surface area contributed by atoms with Crippen LogP contribution in [0.5, 0.6) is 0 Å². The molecule has 274 valence electrons. The summed E-state index contributed by atoms with van der Waals surface area (Å²) in [6.07, 6.45) is 37.0. The summed E-state index contributed by atoms with van der Waals surface area (Å²) in [5.41, 5.74) is 10.2. The molecular weight excluding hydrogens is 645 g/mol. The van der Waals surface area contributed by atoms with Crippen LogP contribution in [0.1, 0.15) is 81.9 Å². The van der Waals surface area contributed by atoms with E-state index in [4.69, 9.17) is 0 Å². The van der Waals surface area contributed by atoms with Crippen molar-refractivity contribution in [1.29, 1.82) is 0 Å². The van der Waals surface area contributed by atoms with E-state index >= 15 is 0 Å². The van der Waals surface area contributed by atoms with Crippen molar-refractivity contribution in [1.82, 2.24) is 4.90 Å². The van der Waals surface area contributed by atoms with Gasteiger partial charge in [0.05, 0.1) is 13.4 Å². The molecule has 1 aliphatic carbocycles. The SMILES string of the molecule is C=CC(=C(C)C)[C-]1C=CC(CC[C@H]2C[C@@H](CCC3=C[N+](=C)[C-](c4ccccc4C)C=C3)C[C@@H](CCc3cc/c(=C4\C=CC=CN4C)[n+](=C)c3)C2)=C[N+]1=C. The normalized spacial score (nSPS) is 22.3. The Bertz CT molecular complexity index is 2060. The van der Waals surface area contributed by atoms with Crippen molar-refractivity contribution in [2.45, 2.75) is 78.6 Å². The molecular formula is C49H59N4+. The Hall–Kier alpha value is -5.09. The molecule has 4 nitrogen and oxygen atoms in total. The van der Waals surface area contributed by atoms with Crippen molar-refractivity contribution in [2.24, 2.45) is 17.8 Å². The predicted molar refractivity (Wildman–Crippen MR) is 222 cm³/mol. The van der Waals surface area contributed by atoms with Crippen LogP contribution in [0.15, 0.2) is 139 Å². The first kappa shape index (κ1) is 37.7. The van der Waals surface area contributed by atoms with E-state index < -0.39 is 0 Å². The summed E-state index contributed by atoms with van der Waals surface area (Å²) < 4.78 is 6.15. The summed E-state index contributed by atoms with van der Waals surface area (Å²) in [5.74, 6) is 2.16. The van der Waals surface area contributed by atoms with Crippen molar-refractivity contribution in [3.05, 3.63) is 180 Å². The van der Waals surface area contributed by atoms with E-state index in [2.05, 4.69) is 168 Å². The largest absolute Gasteiger partial charge is 0.346 e. The molecule has 0 bridgehead atoms. The highest BCUT2D eigenvalue weighted by Crippen LogP contribution is 2.41. The smallest absolute Gasteiger partial charge is 0.233 e. The summed E-state index contributed by atoms with van der Waals surface area (Å²) in [4.78, 5) is 2.15. The number of aromatic nitrogens is 1. The third-order valence-electron chi connectivity index (χ3n) is 11.5. The second-order valence-electron chi connectivity index (χ2n) is 15.7. The van der Waals surface area contributed by atoms with Gasteiger partial charge in [-0.05, 0) is 128 Å². The van der Waals surface area contributed by atoms with Gasteiger partial charge in [-0.25, -0.2) is 0 Å². The zero-order valence-electron chi connectivity index (χ0n) is 32.6. The van der Waals surface area contributed by atoms with Gasteiger partial charge in [-0.3, -0.25) is 9.15 Å². The number of likely N-dealkylation sites (N-methyl/N-ethyl adjacent to an activating group) is 1. The van der Waals surface area contributed by atoms with Crippen LogP contribution in [-0.2, 0) is 6.42 Å². The first-order valence-corrected chi connectivity index (χ1v) is 19.5. The van der Waals surface area contributed by atoms with Crippen molar-refractivity contribution in [2.75, 3.05) is 7.05 Å². The maximum absolute atomic E-state index is 4.39. The zero-order chi connectivity index (χ0) is 37.5. The Balaban J connectivity index is 1.12. The molecule has 1 saturated carbocycles. The Labute approximate surface area is 319 Å². The lowest BCUT2D eigenvalue weighted by Crippen LogP contribution is -2.39. The lowest BCUT2D eigenvalue weighted by Gasteiger charge is -2.36. The molecule has 0 spiro atoms. The minimum absolute atomic E-state index is 0.720. The Morgan fingerprint density at radius 3 is 2.04 bits per heavy atom. The molecule has 0 amide bonds. The fourth-order valence-electron chi connectivity index (χ4n) is 8.69. The number of aryl methyl sites for hydroxylation is 2. The van der Waals surface area contributed by atoms with E-state index in [9.17, 15) is 0 Å². The van der Waals surface area contributed by atoms with Gasteiger partial charge in [-0.2, -0.15) is 4.24 Å². The van der Waals surface area contributed by atoms with Crippen LogP contribution < -0.4 is 9.59 Å². The van der Waals surface area contributed by atoms with Crippen LogP contribution in [0, 0.1) is 43.5 Å². The van der Waals surface area contributed by atoms with Gasteiger partial charge in [0.15, 0.2) is 6.20 Å². The summed E-state index contributed by atoms with van der Waals surface area (Å²) in [6, 6.07) is 15.4. The Kier molecular flexibility index (Phi) is 12.2. The maximum Gasteiger partial charge on any atom is 0.233 e. The monoisotopic (exact) mass is 703 g/mol. The quantitative estimate of drug-likeness (QED) is 0.122.